The van der Waals surface area contributed by atoms with Crippen molar-refractivity contribution in [1.82, 2.24) is 10.6 Å². The third kappa shape index (κ3) is 3.08. The normalized spacial score (nSPS) is 16.0. The Kier molecular flexibility index (Phi) is 4.63. The van der Waals surface area contributed by atoms with Gasteiger partial charge in [0.2, 0.25) is 0 Å². The van der Waals surface area contributed by atoms with Crippen LogP contribution in [0.1, 0.15) is 24.0 Å². The van der Waals surface area contributed by atoms with Crippen LogP contribution in [0.15, 0.2) is 60.7 Å². The van der Waals surface area contributed by atoms with E-state index in [1.165, 1.54) is 0 Å². The minimum absolute atomic E-state index is 0.213. The van der Waals surface area contributed by atoms with Crippen LogP contribution in [0.25, 0.3) is 0 Å². The largest absolute Gasteiger partial charge is 0.465 e. The highest BCUT2D eigenvalue weighted by Gasteiger charge is 2.43. The van der Waals surface area contributed by atoms with Crippen molar-refractivity contribution >= 4 is 6.09 Å². The molecule has 0 unspecified atom stereocenters. The molecule has 1 aliphatic rings. The van der Waals surface area contributed by atoms with Crippen molar-refractivity contribution in [3.63, 3.8) is 0 Å². The summed E-state index contributed by atoms with van der Waals surface area (Å²) >= 11 is 0. The highest BCUT2D eigenvalue weighted by atomic mass is 16.4. The maximum absolute atomic E-state index is 11.7. The van der Waals surface area contributed by atoms with Crippen LogP contribution in [-0.2, 0) is 5.54 Å². The molecule has 1 heterocycles. The van der Waals surface area contributed by atoms with Gasteiger partial charge in [-0.3, -0.25) is 0 Å². The summed E-state index contributed by atoms with van der Waals surface area (Å²) in [6, 6.07) is 19.9. The minimum Gasteiger partial charge on any atom is -0.465 e. The Morgan fingerprint density at radius 1 is 0.957 bits per heavy atom. The zero-order valence-electron chi connectivity index (χ0n) is 13.0. The van der Waals surface area contributed by atoms with Gasteiger partial charge in [0.15, 0.2) is 0 Å². The Morgan fingerprint density at radius 3 is 1.87 bits per heavy atom. The number of carboxylic acid groups (broad SMARTS) is 1. The van der Waals surface area contributed by atoms with Gasteiger partial charge < -0.3 is 15.7 Å². The van der Waals surface area contributed by atoms with Crippen molar-refractivity contribution in [2.45, 2.75) is 18.4 Å². The van der Waals surface area contributed by atoms with E-state index in [1.54, 1.807) is 0 Å². The maximum atomic E-state index is 11.7. The second kappa shape index (κ2) is 6.84. The van der Waals surface area contributed by atoms with Gasteiger partial charge in [0.1, 0.15) is 0 Å². The van der Waals surface area contributed by atoms with Gasteiger partial charge in [0.25, 0.3) is 0 Å². The molecule has 23 heavy (non-hydrogen) atoms. The summed E-state index contributed by atoms with van der Waals surface area (Å²) in [4.78, 5) is 11.7. The van der Waals surface area contributed by atoms with Crippen molar-refractivity contribution in [2.24, 2.45) is 5.92 Å². The molecule has 1 saturated heterocycles. The molecule has 3 rings (SSSR count). The standard InChI is InChI=1S/C19H22N2O2/c22-18(23)21-19(15-7-3-1-4-8-15,16-9-5-2-6-10-16)17-11-13-20-14-12-17/h1-10,17,20-21H,11-14H2,(H,22,23). The van der Waals surface area contributed by atoms with E-state index in [2.05, 4.69) is 10.6 Å². The van der Waals surface area contributed by atoms with Crippen molar-refractivity contribution in [3.05, 3.63) is 71.8 Å². The summed E-state index contributed by atoms with van der Waals surface area (Å²) in [6.07, 6.45) is 0.880. The SMILES string of the molecule is O=C(O)NC(c1ccccc1)(c1ccccc1)C1CCNCC1. The summed E-state index contributed by atoms with van der Waals surface area (Å²) in [5.74, 6) is 0.213. The van der Waals surface area contributed by atoms with E-state index < -0.39 is 11.6 Å². The smallest absolute Gasteiger partial charge is 0.405 e. The van der Waals surface area contributed by atoms with E-state index in [4.69, 9.17) is 0 Å². The number of hydrogen-bond donors (Lipinski definition) is 3. The molecular weight excluding hydrogens is 288 g/mol. The first-order valence-corrected chi connectivity index (χ1v) is 8.06. The van der Waals surface area contributed by atoms with Crippen LogP contribution in [-0.4, -0.2) is 24.3 Å². The maximum Gasteiger partial charge on any atom is 0.405 e. The molecule has 0 aromatic heterocycles. The van der Waals surface area contributed by atoms with Gasteiger partial charge in [0.05, 0.1) is 5.54 Å². The van der Waals surface area contributed by atoms with E-state index in [1.807, 2.05) is 60.7 Å². The Balaban J connectivity index is 2.18. The van der Waals surface area contributed by atoms with Crippen LogP contribution in [0.5, 0.6) is 0 Å². The summed E-state index contributed by atoms with van der Waals surface area (Å²) in [5, 5.41) is 15.8. The van der Waals surface area contributed by atoms with Crippen molar-refractivity contribution in [2.75, 3.05) is 13.1 Å². The highest BCUT2D eigenvalue weighted by molar-refractivity contribution is 5.68. The van der Waals surface area contributed by atoms with E-state index in [9.17, 15) is 9.90 Å². The van der Waals surface area contributed by atoms with Gasteiger partial charge in [-0.1, -0.05) is 60.7 Å². The number of benzene rings is 2. The van der Waals surface area contributed by atoms with Crippen LogP contribution in [0.3, 0.4) is 0 Å². The van der Waals surface area contributed by atoms with Gasteiger partial charge in [-0.25, -0.2) is 4.79 Å². The molecule has 4 heteroatoms. The van der Waals surface area contributed by atoms with Crippen LogP contribution in [0.4, 0.5) is 4.79 Å². The second-order valence-corrected chi connectivity index (χ2v) is 5.99. The number of carbonyl (C=O) groups is 1. The van der Waals surface area contributed by atoms with Gasteiger partial charge in [-0.15, -0.1) is 0 Å². The van der Waals surface area contributed by atoms with E-state index in [0.717, 1.165) is 37.1 Å². The number of piperidine rings is 1. The monoisotopic (exact) mass is 310 g/mol. The molecule has 0 saturated carbocycles. The van der Waals surface area contributed by atoms with Gasteiger partial charge in [-0.2, -0.15) is 0 Å². The number of nitrogens with one attached hydrogen (secondary N) is 2. The fraction of sp³-hybridized carbons (Fsp3) is 0.316. The summed E-state index contributed by atoms with van der Waals surface area (Å²) < 4.78 is 0. The van der Waals surface area contributed by atoms with Gasteiger partial charge >= 0.3 is 6.09 Å². The average Bonchev–Trinajstić information content (AvgIpc) is 2.62. The fourth-order valence-corrected chi connectivity index (χ4v) is 3.71. The second-order valence-electron chi connectivity index (χ2n) is 5.99. The first-order valence-electron chi connectivity index (χ1n) is 8.06. The molecule has 3 N–H and O–H groups in total. The molecule has 0 aliphatic carbocycles. The Bertz CT molecular complexity index is 597. The van der Waals surface area contributed by atoms with Crippen LogP contribution in [0.2, 0.25) is 0 Å². The fourth-order valence-electron chi connectivity index (χ4n) is 3.71. The minimum atomic E-state index is -0.990. The first-order chi connectivity index (χ1) is 11.2. The molecule has 2 aromatic carbocycles. The van der Waals surface area contributed by atoms with Crippen LogP contribution < -0.4 is 10.6 Å². The lowest BCUT2D eigenvalue weighted by molar-refractivity contribution is 0.157. The molecule has 1 aliphatic heterocycles. The third-order valence-corrected chi connectivity index (χ3v) is 4.71. The van der Waals surface area contributed by atoms with E-state index in [0.29, 0.717) is 0 Å². The van der Waals surface area contributed by atoms with E-state index in [-0.39, 0.29) is 5.92 Å². The molecular formula is C19H22N2O2. The average molecular weight is 310 g/mol. The summed E-state index contributed by atoms with van der Waals surface area (Å²) in [5.41, 5.74) is 1.29. The molecule has 0 radical (unpaired) electrons. The quantitative estimate of drug-likeness (QED) is 0.812. The predicted molar refractivity (Wildman–Crippen MR) is 90.4 cm³/mol. The number of rotatable bonds is 4. The highest BCUT2D eigenvalue weighted by Crippen LogP contribution is 2.41. The lowest BCUT2D eigenvalue weighted by Crippen LogP contribution is -2.54. The van der Waals surface area contributed by atoms with Crippen molar-refractivity contribution in [3.8, 4) is 0 Å². The van der Waals surface area contributed by atoms with Gasteiger partial charge in [0, 0.05) is 0 Å². The lowest BCUT2D eigenvalue weighted by Gasteiger charge is -2.43. The molecule has 1 fully saturated rings. The molecule has 2 aromatic rings. The number of amides is 1. The molecule has 0 spiro atoms. The topological polar surface area (TPSA) is 61.4 Å². The zero-order valence-corrected chi connectivity index (χ0v) is 13.0. The Morgan fingerprint density at radius 2 is 1.43 bits per heavy atom. The van der Waals surface area contributed by atoms with Crippen molar-refractivity contribution in [1.29, 1.82) is 0 Å². The number of hydrogen-bond acceptors (Lipinski definition) is 2. The lowest BCUT2D eigenvalue weighted by atomic mass is 9.69. The Hall–Kier alpha value is -2.33. The van der Waals surface area contributed by atoms with Crippen LogP contribution in [0, 0.1) is 5.92 Å². The molecule has 120 valence electrons. The van der Waals surface area contributed by atoms with Crippen molar-refractivity contribution < 1.29 is 9.90 Å². The summed E-state index contributed by atoms with van der Waals surface area (Å²) in [7, 11) is 0. The van der Waals surface area contributed by atoms with Crippen LogP contribution >= 0.6 is 0 Å². The molecule has 4 nitrogen and oxygen atoms in total. The molecule has 0 bridgehead atoms. The Labute approximate surface area is 136 Å². The molecule has 0 atom stereocenters. The van der Waals surface area contributed by atoms with E-state index >= 15 is 0 Å². The predicted octanol–water partition coefficient (Wildman–Crippen LogP) is 3.20. The summed E-state index contributed by atoms with van der Waals surface area (Å²) in [6.45, 7) is 1.82. The zero-order chi connectivity index (χ0) is 16.1. The third-order valence-electron chi connectivity index (χ3n) is 4.71. The van der Waals surface area contributed by atoms with Gasteiger partial charge in [-0.05, 0) is 43.0 Å². The molecule has 1 amide bonds. The first kappa shape index (κ1) is 15.6.